The molecule has 0 aromatic carbocycles. The van der Waals surface area contributed by atoms with Crippen LogP contribution in [0.3, 0.4) is 0 Å². The lowest BCUT2D eigenvalue weighted by Gasteiger charge is -2.56. The Morgan fingerprint density at radius 3 is 1.82 bits per heavy atom. The summed E-state index contributed by atoms with van der Waals surface area (Å²) in [7, 11) is 0. The maximum atomic E-state index is 13.7. The molecule has 0 saturated heterocycles. The minimum Gasteiger partial charge on any atom is -0.369 e. The van der Waals surface area contributed by atoms with Crippen molar-refractivity contribution >= 4 is 0 Å². The fraction of sp³-hybridized carbons (Fsp3) is 1.00. The van der Waals surface area contributed by atoms with Crippen molar-refractivity contribution in [1.29, 1.82) is 0 Å². The van der Waals surface area contributed by atoms with Crippen LogP contribution in [0.25, 0.3) is 0 Å². The molecule has 4 bridgehead atoms. The lowest BCUT2D eigenvalue weighted by Crippen LogP contribution is -2.53. The molecule has 128 valence electrons. The van der Waals surface area contributed by atoms with Crippen LogP contribution in [0.15, 0.2) is 0 Å². The predicted molar refractivity (Wildman–Crippen MR) is 70.7 cm³/mol. The van der Waals surface area contributed by atoms with Crippen LogP contribution < -0.4 is 5.32 Å². The van der Waals surface area contributed by atoms with Crippen molar-refractivity contribution in [3.63, 3.8) is 0 Å². The van der Waals surface area contributed by atoms with Gasteiger partial charge < -0.3 is 10.1 Å². The second kappa shape index (κ2) is 5.58. The fourth-order valence-electron chi connectivity index (χ4n) is 4.90. The molecule has 0 heterocycles. The van der Waals surface area contributed by atoms with E-state index >= 15 is 0 Å². The molecular weight excluding hydrogens is 305 g/mol. The number of rotatable bonds is 6. The van der Waals surface area contributed by atoms with E-state index in [1.807, 2.05) is 0 Å². The minimum atomic E-state index is -4.48. The number of hydrogen-bond acceptors (Lipinski definition) is 2. The van der Waals surface area contributed by atoms with E-state index in [-0.39, 0.29) is 0 Å². The third-order valence-corrected chi connectivity index (χ3v) is 5.28. The second-order valence-corrected chi connectivity index (χ2v) is 7.46. The van der Waals surface area contributed by atoms with Crippen LogP contribution in [0.4, 0.5) is 22.0 Å². The van der Waals surface area contributed by atoms with Crippen LogP contribution in [-0.4, -0.2) is 37.4 Å². The molecule has 0 aliphatic heterocycles. The van der Waals surface area contributed by atoms with Crippen molar-refractivity contribution in [3.05, 3.63) is 0 Å². The normalized spacial score (nSPS) is 37.8. The quantitative estimate of drug-likeness (QED) is 0.750. The van der Waals surface area contributed by atoms with Gasteiger partial charge >= 0.3 is 6.18 Å². The van der Waals surface area contributed by atoms with Crippen LogP contribution in [-0.2, 0) is 4.74 Å². The molecule has 0 aromatic rings. The fourth-order valence-corrected chi connectivity index (χ4v) is 4.90. The summed E-state index contributed by atoms with van der Waals surface area (Å²) in [4.78, 5) is 0. The Morgan fingerprint density at radius 1 is 0.864 bits per heavy atom. The molecule has 2 nitrogen and oxygen atoms in total. The molecule has 0 atom stereocenters. The molecule has 4 saturated carbocycles. The zero-order valence-electron chi connectivity index (χ0n) is 12.4. The molecule has 0 amide bonds. The first-order valence-electron chi connectivity index (χ1n) is 7.94. The standard InChI is InChI=1S/C15H22F5NO/c16-14(17,7-21-8-15(18,19)20)9-22-13-4-10-1-11(5-13)3-12(2-10)6-13/h10-12,21H,1-9H2. The van der Waals surface area contributed by atoms with Crippen LogP contribution in [0.2, 0.25) is 0 Å². The van der Waals surface area contributed by atoms with Gasteiger partial charge in [0.15, 0.2) is 0 Å². The Morgan fingerprint density at radius 2 is 1.36 bits per heavy atom. The Kier molecular flexibility index (Phi) is 4.17. The molecule has 0 radical (unpaired) electrons. The Labute approximate surface area is 126 Å². The summed E-state index contributed by atoms with van der Waals surface area (Å²) in [6.45, 7) is -3.19. The molecule has 22 heavy (non-hydrogen) atoms. The van der Waals surface area contributed by atoms with E-state index in [0.29, 0.717) is 17.8 Å². The Hall–Kier alpha value is -0.430. The maximum Gasteiger partial charge on any atom is 0.401 e. The van der Waals surface area contributed by atoms with E-state index in [9.17, 15) is 22.0 Å². The number of ether oxygens (including phenoxy) is 1. The van der Waals surface area contributed by atoms with Gasteiger partial charge in [0, 0.05) is 0 Å². The Balaban J connectivity index is 1.49. The molecule has 1 N–H and O–H groups in total. The van der Waals surface area contributed by atoms with Crippen LogP contribution in [0, 0.1) is 17.8 Å². The van der Waals surface area contributed by atoms with Gasteiger partial charge in [-0.25, -0.2) is 8.78 Å². The van der Waals surface area contributed by atoms with E-state index in [0.717, 1.165) is 19.3 Å². The number of nitrogens with one attached hydrogen (secondary N) is 1. The van der Waals surface area contributed by atoms with Gasteiger partial charge in [-0.2, -0.15) is 13.2 Å². The van der Waals surface area contributed by atoms with Gasteiger partial charge in [-0.05, 0) is 56.3 Å². The Bertz CT molecular complexity index is 374. The van der Waals surface area contributed by atoms with Crippen molar-refractivity contribution in [2.24, 2.45) is 17.8 Å². The first-order valence-corrected chi connectivity index (χ1v) is 7.94. The molecule has 7 heteroatoms. The predicted octanol–water partition coefficient (Wildman–Crippen LogP) is 3.76. The smallest absolute Gasteiger partial charge is 0.369 e. The third-order valence-electron chi connectivity index (χ3n) is 5.28. The highest BCUT2D eigenvalue weighted by Crippen LogP contribution is 2.57. The van der Waals surface area contributed by atoms with Gasteiger partial charge in [0.2, 0.25) is 0 Å². The largest absolute Gasteiger partial charge is 0.401 e. The van der Waals surface area contributed by atoms with E-state index in [1.54, 1.807) is 5.32 Å². The highest BCUT2D eigenvalue weighted by molar-refractivity contribution is 5.03. The highest BCUT2D eigenvalue weighted by Gasteiger charge is 2.52. The van der Waals surface area contributed by atoms with Crippen LogP contribution in [0.1, 0.15) is 38.5 Å². The minimum absolute atomic E-state index is 0.442. The summed E-state index contributed by atoms with van der Waals surface area (Å²) < 4.78 is 69.0. The zero-order valence-corrected chi connectivity index (χ0v) is 12.4. The van der Waals surface area contributed by atoms with Crippen LogP contribution in [0.5, 0.6) is 0 Å². The molecule has 4 aliphatic rings. The summed E-state index contributed by atoms with van der Waals surface area (Å²) in [6.07, 6.45) is 1.60. The third kappa shape index (κ3) is 3.91. The van der Waals surface area contributed by atoms with Gasteiger partial charge in [0.1, 0.15) is 6.61 Å². The second-order valence-electron chi connectivity index (χ2n) is 7.46. The van der Waals surface area contributed by atoms with Crippen molar-refractivity contribution in [2.45, 2.75) is 56.2 Å². The zero-order chi connectivity index (χ0) is 16.0. The van der Waals surface area contributed by atoms with E-state index in [1.165, 1.54) is 19.3 Å². The monoisotopic (exact) mass is 327 g/mol. The summed E-state index contributed by atoms with van der Waals surface area (Å²) in [6, 6.07) is 0. The van der Waals surface area contributed by atoms with Gasteiger partial charge in [0.25, 0.3) is 5.92 Å². The van der Waals surface area contributed by atoms with Crippen molar-refractivity contribution in [3.8, 4) is 0 Å². The van der Waals surface area contributed by atoms with E-state index < -0.39 is 37.4 Å². The van der Waals surface area contributed by atoms with Gasteiger partial charge in [-0.3, -0.25) is 0 Å². The molecule has 4 rings (SSSR count). The number of hydrogen-bond donors (Lipinski definition) is 1. The molecule has 0 spiro atoms. The maximum absolute atomic E-state index is 13.7. The first kappa shape index (κ1) is 16.4. The lowest BCUT2D eigenvalue weighted by molar-refractivity contribution is -0.200. The summed E-state index contributed by atoms with van der Waals surface area (Å²) in [5.41, 5.74) is -0.442. The van der Waals surface area contributed by atoms with Gasteiger partial charge in [-0.1, -0.05) is 0 Å². The topological polar surface area (TPSA) is 21.3 Å². The highest BCUT2D eigenvalue weighted by atomic mass is 19.4. The summed E-state index contributed by atoms with van der Waals surface area (Å²) >= 11 is 0. The molecular formula is C15H22F5NO. The number of alkyl halides is 5. The van der Waals surface area contributed by atoms with Crippen LogP contribution >= 0.6 is 0 Å². The molecule has 4 aliphatic carbocycles. The average molecular weight is 327 g/mol. The van der Waals surface area contributed by atoms with Gasteiger partial charge in [-0.15, -0.1) is 0 Å². The van der Waals surface area contributed by atoms with Crippen molar-refractivity contribution in [2.75, 3.05) is 19.7 Å². The SMILES string of the molecule is FC(F)(F)CNCC(F)(F)COC12CC3CC(CC(C3)C1)C2. The molecule has 0 aromatic heterocycles. The number of halogens is 5. The van der Waals surface area contributed by atoms with Gasteiger partial charge in [0.05, 0.1) is 18.7 Å². The summed E-state index contributed by atoms with van der Waals surface area (Å²) in [5.74, 6) is -1.51. The molecule has 4 fully saturated rings. The van der Waals surface area contributed by atoms with Crippen molar-refractivity contribution in [1.82, 2.24) is 5.32 Å². The molecule has 0 unspecified atom stereocenters. The average Bonchev–Trinajstić information content (AvgIpc) is 2.33. The summed E-state index contributed by atoms with van der Waals surface area (Å²) in [5, 5.41) is 1.77. The van der Waals surface area contributed by atoms with E-state index in [2.05, 4.69) is 0 Å². The van der Waals surface area contributed by atoms with Crippen molar-refractivity contribution < 1.29 is 26.7 Å². The first-order chi connectivity index (χ1) is 10.1. The lowest BCUT2D eigenvalue weighted by atomic mass is 9.54. The van der Waals surface area contributed by atoms with E-state index in [4.69, 9.17) is 4.74 Å².